The van der Waals surface area contributed by atoms with E-state index >= 15 is 0 Å². The fourth-order valence-electron chi connectivity index (χ4n) is 1.80. The molecule has 0 atom stereocenters. The van der Waals surface area contributed by atoms with Crippen molar-refractivity contribution in [1.82, 2.24) is 0 Å². The lowest BCUT2D eigenvalue weighted by molar-refractivity contribution is 0.0693. The van der Waals surface area contributed by atoms with E-state index in [1.165, 1.54) is 11.8 Å². The number of carbonyl (C=O) groups is 1. The molecule has 0 heterocycles. The molecule has 1 aromatic rings. The fraction of sp³-hybridized carbons (Fsp3) is 0.462. The van der Waals surface area contributed by atoms with E-state index in [0.29, 0.717) is 11.6 Å². The Bertz CT molecular complexity index is 428. The average Bonchev–Trinajstić information content (AvgIpc) is 2.48. The maximum Gasteiger partial charge on any atom is 0.500 e. The highest BCUT2D eigenvalue weighted by Crippen LogP contribution is 2.25. The van der Waals surface area contributed by atoms with Gasteiger partial charge in [0.15, 0.2) is 0 Å². The minimum Gasteiger partial charge on any atom is -0.478 e. The zero-order chi connectivity index (χ0) is 15.0. The van der Waals surface area contributed by atoms with Gasteiger partial charge in [0.1, 0.15) is 0 Å². The molecule has 0 bridgehead atoms. The molecule has 112 valence electrons. The third-order valence-electron chi connectivity index (χ3n) is 2.94. The molecule has 0 aliphatic heterocycles. The number of benzene rings is 1. The Hall–Kier alpha value is -0.863. The molecule has 0 spiro atoms. The van der Waals surface area contributed by atoms with Crippen molar-refractivity contribution >= 4 is 26.5 Å². The molecule has 0 aliphatic carbocycles. The summed E-state index contributed by atoms with van der Waals surface area (Å²) in [6, 6.07) is 7.71. The van der Waals surface area contributed by atoms with Crippen LogP contribution in [0.1, 0.15) is 16.8 Å². The second-order valence-corrected chi connectivity index (χ2v) is 8.28. The van der Waals surface area contributed by atoms with Gasteiger partial charge >= 0.3 is 14.8 Å². The number of thioether (sulfide) groups is 1. The number of hydrogen-bond donors (Lipinski definition) is 1. The van der Waals surface area contributed by atoms with E-state index in [9.17, 15) is 4.79 Å². The second-order valence-electron chi connectivity index (χ2n) is 4.05. The number of hydrogen-bond acceptors (Lipinski definition) is 5. The molecule has 1 aromatic carbocycles. The predicted octanol–water partition coefficient (Wildman–Crippen LogP) is 2.75. The summed E-state index contributed by atoms with van der Waals surface area (Å²) in [5.74, 6) is -0.114. The molecule has 0 aliphatic rings. The lowest BCUT2D eigenvalue weighted by Gasteiger charge is -2.24. The molecule has 1 N–H and O–H groups in total. The lowest BCUT2D eigenvalue weighted by atomic mass is 10.2. The van der Waals surface area contributed by atoms with Gasteiger partial charge in [-0.2, -0.15) is 0 Å². The molecule has 0 radical (unpaired) electrons. The maximum atomic E-state index is 11.1. The van der Waals surface area contributed by atoms with Crippen molar-refractivity contribution in [3.63, 3.8) is 0 Å². The third-order valence-corrected chi connectivity index (χ3v) is 6.93. The van der Waals surface area contributed by atoms with Crippen LogP contribution in [0.3, 0.4) is 0 Å². The van der Waals surface area contributed by atoms with Gasteiger partial charge in [-0.1, -0.05) is 12.1 Å². The van der Waals surface area contributed by atoms with Crippen molar-refractivity contribution in [3.05, 3.63) is 29.8 Å². The van der Waals surface area contributed by atoms with Gasteiger partial charge in [0, 0.05) is 32.3 Å². The summed E-state index contributed by atoms with van der Waals surface area (Å²) < 4.78 is 16.0. The van der Waals surface area contributed by atoms with Gasteiger partial charge in [-0.15, -0.1) is 11.8 Å². The summed E-state index contributed by atoms with van der Waals surface area (Å²) in [5.41, 5.74) is 0.339. The SMILES string of the molecule is CO[Si](CCCSc1ccccc1C(=O)O)(OC)OC. The van der Waals surface area contributed by atoms with Gasteiger partial charge in [-0.3, -0.25) is 0 Å². The van der Waals surface area contributed by atoms with Crippen LogP contribution in [0, 0.1) is 0 Å². The Morgan fingerprint density at radius 3 is 2.35 bits per heavy atom. The molecule has 0 fully saturated rings. The Kier molecular flexibility index (Phi) is 7.24. The molecule has 20 heavy (non-hydrogen) atoms. The molecule has 0 saturated carbocycles. The number of aromatic carboxylic acids is 1. The van der Waals surface area contributed by atoms with E-state index in [1.807, 2.05) is 12.1 Å². The summed E-state index contributed by atoms with van der Waals surface area (Å²) in [6.45, 7) is 0. The molecule has 1 rings (SSSR count). The minimum absolute atomic E-state index is 0.339. The second kappa shape index (κ2) is 8.43. The zero-order valence-electron chi connectivity index (χ0n) is 11.9. The smallest absolute Gasteiger partial charge is 0.478 e. The van der Waals surface area contributed by atoms with Crippen LogP contribution in [-0.4, -0.2) is 47.0 Å². The number of rotatable bonds is 9. The topological polar surface area (TPSA) is 65.0 Å². The molecule has 5 nitrogen and oxygen atoms in total. The van der Waals surface area contributed by atoms with Gasteiger partial charge in [-0.05, 0) is 24.3 Å². The van der Waals surface area contributed by atoms with Gasteiger partial charge in [0.2, 0.25) is 0 Å². The number of carboxylic acid groups (broad SMARTS) is 1. The summed E-state index contributed by atoms with van der Waals surface area (Å²) >= 11 is 1.52. The van der Waals surface area contributed by atoms with Crippen molar-refractivity contribution in [1.29, 1.82) is 0 Å². The van der Waals surface area contributed by atoms with E-state index in [-0.39, 0.29) is 0 Å². The van der Waals surface area contributed by atoms with E-state index < -0.39 is 14.8 Å². The first-order chi connectivity index (χ1) is 9.58. The van der Waals surface area contributed by atoms with Crippen molar-refractivity contribution in [3.8, 4) is 0 Å². The normalized spacial score (nSPS) is 11.6. The third kappa shape index (κ3) is 4.60. The molecule has 0 amide bonds. The van der Waals surface area contributed by atoms with Crippen LogP contribution >= 0.6 is 11.8 Å². The molecular weight excluding hydrogens is 296 g/mol. The first-order valence-electron chi connectivity index (χ1n) is 6.19. The lowest BCUT2D eigenvalue weighted by Crippen LogP contribution is -2.42. The molecule has 0 unspecified atom stereocenters. The van der Waals surface area contributed by atoms with Crippen molar-refractivity contribution < 1.29 is 23.2 Å². The highest BCUT2D eigenvalue weighted by atomic mass is 32.2. The molecular formula is C13H20O5SSi. The van der Waals surface area contributed by atoms with Crippen LogP contribution in [-0.2, 0) is 13.3 Å². The van der Waals surface area contributed by atoms with Gasteiger partial charge in [0.05, 0.1) is 5.56 Å². The van der Waals surface area contributed by atoms with Gasteiger partial charge < -0.3 is 18.4 Å². The van der Waals surface area contributed by atoms with E-state index in [2.05, 4.69) is 0 Å². The van der Waals surface area contributed by atoms with Crippen molar-refractivity contribution in [2.45, 2.75) is 17.4 Å². The van der Waals surface area contributed by atoms with E-state index in [0.717, 1.165) is 17.1 Å². The Morgan fingerprint density at radius 2 is 1.80 bits per heavy atom. The van der Waals surface area contributed by atoms with Crippen LogP contribution in [0.2, 0.25) is 6.04 Å². The Balaban J connectivity index is 2.51. The summed E-state index contributed by atoms with van der Waals surface area (Å²) in [4.78, 5) is 11.9. The van der Waals surface area contributed by atoms with Crippen LogP contribution in [0.25, 0.3) is 0 Å². The van der Waals surface area contributed by atoms with Crippen LogP contribution in [0.15, 0.2) is 29.2 Å². The highest BCUT2D eigenvalue weighted by molar-refractivity contribution is 7.99. The monoisotopic (exact) mass is 316 g/mol. The van der Waals surface area contributed by atoms with E-state index in [4.69, 9.17) is 18.4 Å². The summed E-state index contributed by atoms with van der Waals surface area (Å²) in [6.07, 6.45) is 0.834. The standard InChI is InChI=1S/C13H20O5SSi/c1-16-20(17-2,18-3)10-6-9-19-12-8-5-4-7-11(12)13(14)15/h4-5,7-8H,6,9-10H2,1-3H3,(H,14,15). The van der Waals surface area contributed by atoms with Crippen molar-refractivity contribution in [2.24, 2.45) is 0 Å². The van der Waals surface area contributed by atoms with Gasteiger partial charge in [-0.25, -0.2) is 4.79 Å². The van der Waals surface area contributed by atoms with E-state index in [1.54, 1.807) is 33.5 Å². The first kappa shape index (κ1) is 17.2. The predicted molar refractivity (Wildman–Crippen MR) is 80.3 cm³/mol. The average molecular weight is 316 g/mol. The van der Waals surface area contributed by atoms with Crippen LogP contribution in [0.5, 0.6) is 0 Å². The molecule has 7 heteroatoms. The van der Waals surface area contributed by atoms with Crippen LogP contribution < -0.4 is 0 Å². The first-order valence-corrected chi connectivity index (χ1v) is 9.11. The fourth-order valence-corrected chi connectivity index (χ4v) is 4.77. The quantitative estimate of drug-likeness (QED) is 0.429. The maximum absolute atomic E-state index is 11.1. The Morgan fingerprint density at radius 1 is 1.20 bits per heavy atom. The number of carboxylic acids is 1. The molecule has 0 aromatic heterocycles. The largest absolute Gasteiger partial charge is 0.500 e. The van der Waals surface area contributed by atoms with Gasteiger partial charge in [0.25, 0.3) is 0 Å². The summed E-state index contributed by atoms with van der Waals surface area (Å²) in [7, 11) is 2.25. The highest BCUT2D eigenvalue weighted by Gasteiger charge is 2.36. The van der Waals surface area contributed by atoms with Crippen LogP contribution in [0.4, 0.5) is 0 Å². The summed E-state index contributed by atoms with van der Waals surface area (Å²) in [5, 5.41) is 9.10. The molecule has 0 saturated heterocycles. The Labute approximate surface area is 124 Å². The minimum atomic E-state index is -2.52. The van der Waals surface area contributed by atoms with Crippen molar-refractivity contribution in [2.75, 3.05) is 27.1 Å². The zero-order valence-corrected chi connectivity index (χ0v) is 13.7.